The van der Waals surface area contributed by atoms with Crippen molar-refractivity contribution in [2.45, 2.75) is 18.7 Å². The Morgan fingerprint density at radius 1 is 1.06 bits per heavy atom. The highest BCUT2D eigenvalue weighted by Crippen LogP contribution is 2.27. The first kappa shape index (κ1) is 24.3. The first-order valence-electron chi connectivity index (χ1n) is 9.94. The fourth-order valence-corrected chi connectivity index (χ4v) is 4.26. The molecule has 1 heterocycles. The van der Waals surface area contributed by atoms with Crippen molar-refractivity contribution < 1.29 is 18.1 Å². The average molecular weight is 491 g/mol. The minimum atomic E-state index is -3.58. The number of benzene rings is 2. The van der Waals surface area contributed by atoms with Crippen LogP contribution >= 0.6 is 11.6 Å². The number of rotatable bonds is 8. The number of carbonyl (C=O) groups is 1. The Morgan fingerprint density at radius 2 is 1.73 bits per heavy atom. The van der Waals surface area contributed by atoms with Gasteiger partial charge in [0.1, 0.15) is 5.69 Å². The standard InChI is InChI=1S/C22H23ClN4O5S/c1-14-4-5-15(2)26(14)16-6-8-19(23)18(12-16)22(28)25-11-10-24-20-9-7-17(33(3,31)32)13-21(20)27(29)30/h4-9,12-13,24H,10-11H2,1-3H3,(H,25,28). The van der Waals surface area contributed by atoms with Gasteiger partial charge in [-0.3, -0.25) is 14.9 Å². The lowest BCUT2D eigenvalue weighted by Gasteiger charge is -2.13. The van der Waals surface area contributed by atoms with Gasteiger partial charge in [-0.2, -0.15) is 0 Å². The topological polar surface area (TPSA) is 123 Å². The minimum absolute atomic E-state index is 0.143. The van der Waals surface area contributed by atoms with Crippen LogP contribution in [0.2, 0.25) is 5.02 Å². The van der Waals surface area contributed by atoms with Crippen molar-refractivity contribution in [1.29, 1.82) is 0 Å². The highest BCUT2D eigenvalue weighted by Gasteiger charge is 2.19. The quantitative estimate of drug-likeness (QED) is 0.280. The Kier molecular flexibility index (Phi) is 7.09. The lowest BCUT2D eigenvalue weighted by molar-refractivity contribution is -0.384. The third-order valence-corrected chi connectivity index (χ3v) is 6.48. The van der Waals surface area contributed by atoms with E-state index in [0.717, 1.165) is 29.4 Å². The average Bonchev–Trinajstić information content (AvgIpc) is 3.08. The predicted molar refractivity (Wildman–Crippen MR) is 127 cm³/mol. The molecule has 1 aromatic heterocycles. The van der Waals surface area contributed by atoms with E-state index < -0.39 is 14.8 Å². The number of sulfone groups is 1. The van der Waals surface area contributed by atoms with Gasteiger partial charge in [0.25, 0.3) is 11.6 Å². The molecule has 1 amide bonds. The second-order valence-corrected chi connectivity index (χ2v) is 9.93. The molecule has 11 heteroatoms. The summed E-state index contributed by atoms with van der Waals surface area (Å²) < 4.78 is 25.3. The van der Waals surface area contributed by atoms with E-state index in [1.165, 1.54) is 12.1 Å². The number of carbonyl (C=O) groups excluding carboxylic acids is 1. The van der Waals surface area contributed by atoms with E-state index in [1.54, 1.807) is 12.1 Å². The summed E-state index contributed by atoms with van der Waals surface area (Å²) in [4.78, 5) is 23.2. The van der Waals surface area contributed by atoms with Crippen LogP contribution < -0.4 is 10.6 Å². The van der Waals surface area contributed by atoms with E-state index in [4.69, 9.17) is 11.6 Å². The Morgan fingerprint density at radius 3 is 2.33 bits per heavy atom. The molecule has 0 fully saturated rings. The number of hydrogen-bond donors (Lipinski definition) is 2. The van der Waals surface area contributed by atoms with E-state index in [9.17, 15) is 23.3 Å². The van der Waals surface area contributed by atoms with Gasteiger partial charge >= 0.3 is 0 Å². The van der Waals surface area contributed by atoms with Gasteiger partial charge in [0.05, 0.1) is 20.4 Å². The van der Waals surface area contributed by atoms with Gasteiger partial charge in [-0.1, -0.05) is 11.6 Å². The van der Waals surface area contributed by atoms with Crippen molar-refractivity contribution in [3.63, 3.8) is 0 Å². The van der Waals surface area contributed by atoms with E-state index in [2.05, 4.69) is 10.6 Å². The second kappa shape index (κ2) is 9.63. The highest BCUT2D eigenvalue weighted by molar-refractivity contribution is 7.90. The molecule has 0 aliphatic carbocycles. The Balaban J connectivity index is 1.68. The number of nitro benzene ring substituents is 1. The number of aromatic nitrogens is 1. The zero-order valence-corrected chi connectivity index (χ0v) is 19.8. The Hall–Kier alpha value is -3.37. The summed E-state index contributed by atoms with van der Waals surface area (Å²) in [6.45, 7) is 4.27. The summed E-state index contributed by atoms with van der Waals surface area (Å²) in [6.07, 6.45) is 0.980. The van der Waals surface area contributed by atoms with Crippen molar-refractivity contribution in [2.75, 3.05) is 24.7 Å². The summed E-state index contributed by atoms with van der Waals surface area (Å²) in [7, 11) is -3.58. The van der Waals surface area contributed by atoms with Crippen molar-refractivity contribution >= 4 is 38.7 Å². The first-order valence-corrected chi connectivity index (χ1v) is 12.2. The zero-order valence-electron chi connectivity index (χ0n) is 18.3. The fourth-order valence-electron chi connectivity index (χ4n) is 3.41. The number of aryl methyl sites for hydroxylation is 2. The molecule has 2 aromatic carbocycles. The molecule has 0 aliphatic rings. The van der Waals surface area contributed by atoms with Crippen LogP contribution in [-0.2, 0) is 9.84 Å². The van der Waals surface area contributed by atoms with Crippen LogP contribution in [-0.4, -0.2) is 43.2 Å². The van der Waals surface area contributed by atoms with Crippen LogP contribution in [0.5, 0.6) is 0 Å². The number of hydrogen-bond acceptors (Lipinski definition) is 6. The Labute approximate surface area is 196 Å². The summed E-state index contributed by atoms with van der Waals surface area (Å²) in [5, 5.41) is 17.2. The molecule has 0 radical (unpaired) electrons. The summed E-state index contributed by atoms with van der Waals surface area (Å²) in [6, 6.07) is 12.8. The van der Waals surface area contributed by atoms with Crippen LogP contribution in [0.25, 0.3) is 5.69 Å². The SMILES string of the molecule is Cc1ccc(C)n1-c1ccc(Cl)c(C(=O)NCCNc2ccc(S(C)(=O)=O)cc2[N+](=O)[O-])c1. The lowest BCUT2D eigenvalue weighted by atomic mass is 10.1. The summed E-state index contributed by atoms with van der Waals surface area (Å²) in [5.74, 6) is -0.381. The number of halogens is 1. The van der Waals surface area contributed by atoms with Gasteiger partial charge in [-0.05, 0) is 56.3 Å². The van der Waals surface area contributed by atoms with Crippen LogP contribution in [0.1, 0.15) is 21.7 Å². The molecule has 3 rings (SSSR count). The molecule has 3 aromatic rings. The monoisotopic (exact) mass is 490 g/mol. The van der Waals surface area contributed by atoms with E-state index in [-0.39, 0.29) is 35.3 Å². The number of nitro groups is 1. The van der Waals surface area contributed by atoms with Crippen LogP contribution in [0.4, 0.5) is 11.4 Å². The van der Waals surface area contributed by atoms with E-state index >= 15 is 0 Å². The molecule has 2 N–H and O–H groups in total. The largest absolute Gasteiger partial charge is 0.378 e. The third kappa shape index (κ3) is 5.52. The smallest absolute Gasteiger partial charge is 0.293 e. The van der Waals surface area contributed by atoms with Crippen molar-refractivity contribution in [1.82, 2.24) is 9.88 Å². The molecular formula is C22H23ClN4O5S. The van der Waals surface area contributed by atoms with Gasteiger partial charge in [-0.15, -0.1) is 0 Å². The lowest BCUT2D eigenvalue weighted by Crippen LogP contribution is -2.29. The second-order valence-electron chi connectivity index (χ2n) is 7.51. The zero-order chi connectivity index (χ0) is 24.3. The molecule has 33 heavy (non-hydrogen) atoms. The fraction of sp³-hybridized carbons (Fsp3) is 0.227. The van der Waals surface area contributed by atoms with Crippen molar-refractivity contribution in [3.05, 3.63) is 80.6 Å². The summed E-state index contributed by atoms with van der Waals surface area (Å²) >= 11 is 6.24. The molecular weight excluding hydrogens is 468 g/mol. The molecule has 0 aliphatic heterocycles. The Bertz CT molecular complexity index is 1320. The molecule has 0 spiro atoms. The van der Waals surface area contributed by atoms with Gasteiger partial charge in [0, 0.05) is 42.5 Å². The maximum atomic E-state index is 12.7. The minimum Gasteiger partial charge on any atom is -0.378 e. The maximum absolute atomic E-state index is 12.7. The van der Waals surface area contributed by atoms with E-state index in [0.29, 0.717) is 10.6 Å². The predicted octanol–water partition coefficient (Wildman–Crippen LogP) is 3.90. The number of amides is 1. The normalized spacial score (nSPS) is 11.3. The number of nitrogens with one attached hydrogen (secondary N) is 2. The molecule has 0 atom stereocenters. The molecule has 0 unspecified atom stereocenters. The van der Waals surface area contributed by atoms with Crippen LogP contribution in [0.3, 0.4) is 0 Å². The van der Waals surface area contributed by atoms with Gasteiger partial charge < -0.3 is 15.2 Å². The number of anilines is 1. The maximum Gasteiger partial charge on any atom is 0.293 e. The molecule has 0 saturated heterocycles. The molecule has 0 bridgehead atoms. The summed E-state index contributed by atoms with van der Waals surface area (Å²) in [5.41, 5.74) is 2.95. The molecule has 9 nitrogen and oxygen atoms in total. The third-order valence-electron chi connectivity index (χ3n) is 5.04. The molecule has 174 valence electrons. The van der Waals surface area contributed by atoms with Crippen molar-refractivity contribution in [2.24, 2.45) is 0 Å². The van der Waals surface area contributed by atoms with E-state index in [1.807, 2.05) is 36.6 Å². The van der Waals surface area contributed by atoms with Crippen LogP contribution in [0, 0.1) is 24.0 Å². The van der Waals surface area contributed by atoms with Gasteiger partial charge in [0.15, 0.2) is 9.84 Å². The van der Waals surface area contributed by atoms with Crippen LogP contribution in [0.15, 0.2) is 53.4 Å². The van der Waals surface area contributed by atoms with Crippen molar-refractivity contribution in [3.8, 4) is 5.69 Å². The van der Waals surface area contributed by atoms with Gasteiger partial charge in [-0.25, -0.2) is 8.42 Å². The molecule has 0 saturated carbocycles. The van der Waals surface area contributed by atoms with Gasteiger partial charge in [0.2, 0.25) is 0 Å². The first-order chi connectivity index (χ1) is 15.5. The number of nitrogens with zero attached hydrogens (tertiary/aromatic N) is 2. The highest BCUT2D eigenvalue weighted by atomic mass is 35.5.